The van der Waals surface area contributed by atoms with Gasteiger partial charge in [0.15, 0.2) is 0 Å². The third kappa shape index (κ3) is 3.36. The molecule has 0 unspecified atom stereocenters. The number of carbonyl (C=O) groups excluding carboxylic acids is 2. The van der Waals surface area contributed by atoms with E-state index in [0.717, 1.165) is 28.1 Å². The standard InChI is InChI=1S/C22H26N2O2/c1-14(2)17-10-5-6-11-18(17)23-20(25)22(12-13-22)21(26)24-19-15(3)8-7-9-16(19)4/h5-11,14H,12-13H2,1-4H3,(H,23,25)(H,24,26). The summed E-state index contributed by atoms with van der Waals surface area (Å²) in [5.74, 6) is -0.131. The van der Waals surface area contributed by atoms with E-state index in [0.29, 0.717) is 18.8 Å². The van der Waals surface area contributed by atoms with E-state index in [4.69, 9.17) is 0 Å². The Hall–Kier alpha value is -2.62. The molecule has 0 saturated heterocycles. The molecule has 2 amide bonds. The normalized spacial score (nSPS) is 14.8. The predicted molar refractivity (Wildman–Crippen MR) is 105 cm³/mol. The van der Waals surface area contributed by atoms with Crippen molar-refractivity contribution in [2.75, 3.05) is 10.6 Å². The van der Waals surface area contributed by atoms with Crippen LogP contribution in [0.1, 0.15) is 49.3 Å². The zero-order valence-corrected chi connectivity index (χ0v) is 15.8. The summed E-state index contributed by atoms with van der Waals surface area (Å²) in [5.41, 5.74) is 3.71. The molecule has 1 aliphatic carbocycles. The van der Waals surface area contributed by atoms with Gasteiger partial charge in [-0.1, -0.05) is 50.2 Å². The van der Waals surface area contributed by atoms with Crippen molar-refractivity contribution in [3.8, 4) is 0 Å². The number of amides is 2. The Balaban J connectivity index is 1.78. The maximum Gasteiger partial charge on any atom is 0.240 e. The number of rotatable bonds is 5. The van der Waals surface area contributed by atoms with E-state index < -0.39 is 5.41 Å². The van der Waals surface area contributed by atoms with Gasteiger partial charge in [-0.3, -0.25) is 9.59 Å². The van der Waals surface area contributed by atoms with Gasteiger partial charge in [0.25, 0.3) is 0 Å². The molecule has 1 fully saturated rings. The Morgan fingerprint density at radius 2 is 1.46 bits per heavy atom. The number of para-hydroxylation sites is 2. The molecular weight excluding hydrogens is 324 g/mol. The van der Waals surface area contributed by atoms with Gasteiger partial charge in [-0.15, -0.1) is 0 Å². The summed E-state index contributed by atoms with van der Waals surface area (Å²) in [5, 5.41) is 5.98. The van der Waals surface area contributed by atoms with Gasteiger partial charge in [0, 0.05) is 11.4 Å². The molecule has 2 aromatic carbocycles. The van der Waals surface area contributed by atoms with Crippen LogP contribution in [0.3, 0.4) is 0 Å². The third-order valence-electron chi connectivity index (χ3n) is 5.17. The zero-order valence-electron chi connectivity index (χ0n) is 15.8. The van der Waals surface area contributed by atoms with Crippen molar-refractivity contribution in [3.63, 3.8) is 0 Å². The monoisotopic (exact) mass is 350 g/mol. The molecular formula is C22H26N2O2. The lowest BCUT2D eigenvalue weighted by Gasteiger charge is -2.19. The summed E-state index contributed by atoms with van der Waals surface area (Å²) < 4.78 is 0. The van der Waals surface area contributed by atoms with Crippen molar-refractivity contribution >= 4 is 23.2 Å². The molecule has 0 bridgehead atoms. The molecule has 0 atom stereocenters. The van der Waals surface area contributed by atoms with E-state index in [9.17, 15) is 9.59 Å². The van der Waals surface area contributed by atoms with Gasteiger partial charge in [-0.05, 0) is 55.4 Å². The fourth-order valence-electron chi connectivity index (χ4n) is 3.28. The van der Waals surface area contributed by atoms with Crippen molar-refractivity contribution < 1.29 is 9.59 Å². The molecule has 4 nitrogen and oxygen atoms in total. The molecule has 0 spiro atoms. The van der Waals surface area contributed by atoms with Gasteiger partial charge < -0.3 is 10.6 Å². The first-order chi connectivity index (χ1) is 12.3. The van der Waals surface area contributed by atoms with Crippen molar-refractivity contribution in [3.05, 3.63) is 59.2 Å². The molecule has 26 heavy (non-hydrogen) atoms. The molecule has 1 aliphatic rings. The van der Waals surface area contributed by atoms with E-state index >= 15 is 0 Å². The first-order valence-electron chi connectivity index (χ1n) is 9.13. The van der Waals surface area contributed by atoms with Crippen LogP contribution in [0.4, 0.5) is 11.4 Å². The van der Waals surface area contributed by atoms with E-state index in [1.165, 1.54) is 0 Å². The zero-order chi connectivity index (χ0) is 18.9. The Labute approximate surface area is 155 Å². The van der Waals surface area contributed by atoms with Gasteiger partial charge >= 0.3 is 0 Å². The second-order valence-electron chi connectivity index (χ2n) is 7.50. The maximum atomic E-state index is 12.9. The molecule has 3 rings (SSSR count). The molecule has 0 radical (unpaired) electrons. The largest absolute Gasteiger partial charge is 0.325 e. The van der Waals surface area contributed by atoms with Gasteiger partial charge in [0.05, 0.1) is 0 Å². The summed E-state index contributed by atoms with van der Waals surface area (Å²) in [6, 6.07) is 13.7. The van der Waals surface area contributed by atoms with Gasteiger partial charge in [0.2, 0.25) is 11.8 Å². The van der Waals surface area contributed by atoms with Crippen molar-refractivity contribution in [1.82, 2.24) is 0 Å². The molecule has 136 valence electrons. The van der Waals surface area contributed by atoms with Crippen LogP contribution < -0.4 is 10.6 Å². The minimum absolute atomic E-state index is 0.213. The smallest absolute Gasteiger partial charge is 0.240 e. The predicted octanol–water partition coefficient (Wildman–Crippen LogP) is 4.78. The van der Waals surface area contributed by atoms with Crippen LogP contribution in [0.15, 0.2) is 42.5 Å². The Morgan fingerprint density at radius 1 is 0.885 bits per heavy atom. The van der Waals surface area contributed by atoms with E-state index in [2.05, 4.69) is 24.5 Å². The SMILES string of the molecule is Cc1cccc(C)c1NC(=O)C1(C(=O)Nc2ccccc2C(C)C)CC1. The maximum absolute atomic E-state index is 12.9. The summed E-state index contributed by atoms with van der Waals surface area (Å²) in [7, 11) is 0. The highest BCUT2D eigenvalue weighted by Crippen LogP contribution is 2.48. The topological polar surface area (TPSA) is 58.2 Å². The first-order valence-corrected chi connectivity index (χ1v) is 9.13. The van der Waals surface area contributed by atoms with Gasteiger partial charge in [-0.2, -0.15) is 0 Å². The lowest BCUT2D eigenvalue weighted by molar-refractivity contribution is -0.131. The van der Waals surface area contributed by atoms with Crippen LogP contribution >= 0.6 is 0 Å². The highest BCUT2D eigenvalue weighted by atomic mass is 16.2. The molecule has 2 N–H and O–H groups in total. The average Bonchev–Trinajstić information content (AvgIpc) is 3.40. The number of carbonyl (C=O) groups is 2. The second kappa shape index (κ2) is 6.94. The summed E-state index contributed by atoms with van der Waals surface area (Å²) >= 11 is 0. The van der Waals surface area contributed by atoms with Crippen molar-refractivity contribution in [1.29, 1.82) is 0 Å². The first kappa shape index (κ1) is 18.2. The lowest BCUT2D eigenvalue weighted by atomic mass is 9.99. The van der Waals surface area contributed by atoms with E-state index in [1.807, 2.05) is 56.3 Å². The van der Waals surface area contributed by atoms with Crippen LogP contribution in [0, 0.1) is 19.3 Å². The summed E-state index contributed by atoms with van der Waals surface area (Å²) in [6.45, 7) is 8.10. The minimum atomic E-state index is -0.960. The number of anilines is 2. The number of benzene rings is 2. The van der Waals surface area contributed by atoms with Crippen LogP contribution in [0.2, 0.25) is 0 Å². The molecule has 1 saturated carbocycles. The van der Waals surface area contributed by atoms with Crippen LogP contribution in [0.25, 0.3) is 0 Å². The van der Waals surface area contributed by atoms with E-state index in [1.54, 1.807) is 0 Å². The van der Waals surface area contributed by atoms with Gasteiger partial charge in [-0.25, -0.2) is 0 Å². The number of aryl methyl sites for hydroxylation is 2. The minimum Gasteiger partial charge on any atom is -0.325 e. The number of hydrogen-bond donors (Lipinski definition) is 2. The molecule has 0 aromatic heterocycles. The Kier molecular flexibility index (Phi) is 4.86. The Morgan fingerprint density at radius 3 is 2.04 bits per heavy atom. The highest BCUT2D eigenvalue weighted by Gasteiger charge is 2.56. The second-order valence-corrected chi connectivity index (χ2v) is 7.50. The van der Waals surface area contributed by atoms with E-state index in [-0.39, 0.29) is 11.8 Å². The fourth-order valence-corrected chi connectivity index (χ4v) is 3.28. The number of nitrogens with one attached hydrogen (secondary N) is 2. The molecule has 0 aliphatic heterocycles. The molecule has 4 heteroatoms. The summed E-state index contributed by atoms with van der Waals surface area (Å²) in [4.78, 5) is 25.8. The lowest BCUT2D eigenvalue weighted by Crippen LogP contribution is -2.36. The number of hydrogen-bond acceptors (Lipinski definition) is 2. The van der Waals surface area contributed by atoms with Crippen LogP contribution in [0.5, 0.6) is 0 Å². The Bertz CT molecular complexity index is 831. The fraction of sp³-hybridized carbons (Fsp3) is 0.364. The van der Waals surface area contributed by atoms with Crippen molar-refractivity contribution in [2.24, 2.45) is 5.41 Å². The van der Waals surface area contributed by atoms with Crippen LogP contribution in [-0.4, -0.2) is 11.8 Å². The van der Waals surface area contributed by atoms with Gasteiger partial charge in [0.1, 0.15) is 5.41 Å². The third-order valence-corrected chi connectivity index (χ3v) is 5.17. The quantitative estimate of drug-likeness (QED) is 0.762. The summed E-state index contributed by atoms with van der Waals surface area (Å²) in [6.07, 6.45) is 1.17. The molecule has 2 aromatic rings. The van der Waals surface area contributed by atoms with Crippen molar-refractivity contribution in [2.45, 2.75) is 46.5 Å². The highest BCUT2D eigenvalue weighted by molar-refractivity contribution is 6.17. The van der Waals surface area contributed by atoms with Crippen LogP contribution in [-0.2, 0) is 9.59 Å². The molecule has 0 heterocycles. The average molecular weight is 350 g/mol.